The van der Waals surface area contributed by atoms with Crippen LogP contribution in [-0.4, -0.2) is 39.0 Å². The van der Waals surface area contributed by atoms with E-state index in [1.54, 1.807) is 29.2 Å². The normalized spacial score (nSPS) is 12.2. The standard InChI is InChI=1S/C24H30ClN3O4S/c1-5-21(23(30)26-24(2,3)4)27(14-17-6-10-19(25)11-7-17)22(29)16-33-15-18-8-12-20(13-9-18)28(31)32/h6-13,21H,5,14-16H2,1-4H3,(H,26,30)/t21-/m0/s1. The lowest BCUT2D eigenvalue weighted by molar-refractivity contribution is -0.384. The van der Waals surface area contributed by atoms with Crippen LogP contribution in [0.15, 0.2) is 48.5 Å². The molecule has 0 radical (unpaired) electrons. The third-order valence-corrected chi connectivity index (χ3v) is 6.03. The maximum atomic E-state index is 13.2. The summed E-state index contributed by atoms with van der Waals surface area (Å²) in [7, 11) is 0. The van der Waals surface area contributed by atoms with Crippen LogP contribution in [0, 0.1) is 10.1 Å². The molecule has 1 N–H and O–H groups in total. The number of nitro groups is 1. The number of non-ortho nitro benzene ring substituents is 1. The quantitative estimate of drug-likeness (QED) is 0.364. The van der Waals surface area contributed by atoms with E-state index >= 15 is 0 Å². The minimum absolute atomic E-state index is 0.0321. The Morgan fingerprint density at radius 2 is 1.67 bits per heavy atom. The summed E-state index contributed by atoms with van der Waals surface area (Å²) < 4.78 is 0. The van der Waals surface area contributed by atoms with Crippen LogP contribution in [0.2, 0.25) is 5.02 Å². The number of thioether (sulfide) groups is 1. The van der Waals surface area contributed by atoms with E-state index in [0.29, 0.717) is 23.7 Å². The molecule has 0 fully saturated rings. The average Bonchev–Trinajstić information content (AvgIpc) is 2.74. The molecular weight excluding hydrogens is 462 g/mol. The topological polar surface area (TPSA) is 92.6 Å². The number of carbonyl (C=O) groups is 2. The van der Waals surface area contributed by atoms with Gasteiger partial charge >= 0.3 is 0 Å². The van der Waals surface area contributed by atoms with E-state index < -0.39 is 16.5 Å². The molecule has 2 rings (SSSR count). The summed E-state index contributed by atoms with van der Waals surface area (Å²) in [5.41, 5.74) is 1.39. The highest BCUT2D eigenvalue weighted by molar-refractivity contribution is 7.99. The van der Waals surface area contributed by atoms with E-state index in [9.17, 15) is 19.7 Å². The Morgan fingerprint density at radius 3 is 2.18 bits per heavy atom. The van der Waals surface area contributed by atoms with E-state index in [1.165, 1.54) is 23.9 Å². The second kappa shape index (κ2) is 12.0. The fourth-order valence-corrected chi connectivity index (χ4v) is 4.21. The molecule has 0 aliphatic rings. The molecule has 2 aromatic rings. The Balaban J connectivity index is 2.12. The molecule has 1 atom stereocenters. The minimum atomic E-state index is -0.604. The lowest BCUT2D eigenvalue weighted by Gasteiger charge is -2.33. The number of halogens is 1. The molecule has 2 amide bonds. The summed E-state index contributed by atoms with van der Waals surface area (Å²) in [6, 6.07) is 12.9. The first-order chi connectivity index (χ1) is 15.5. The van der Waals surface area contributed by atoms with Gasteiger partial charge in [-0.15, -0.1) is 11.8 Å². The van der Waals surface area contributed by atoms with Gasteiger partial charge in [0.2, 0.25) is 11.8 Å². The predicted molar refractivity (Wildman–Crippen MR) is 133 cm³/mol. The largest absolute Gasteiger partial charge is 0.350 e. The van der Waals surface area contributed by atoms with Crippen LogP contribution in [0.1, 0.15) is 45.2 Å². The van der Waals surface area contributed by atoms with Crippen molar-refractivity contribution in [2.45, 2.75) is 58.0 Å². The number of rotatable bonds is 10. The Bertz CT molecular complexity index is 959. The van der Waals surface area contributed by atoms with Crippen molar-refractivity contribution in [3.63, 3.8) is 0 Å². The molecule has 0 spiro atoms. The van der Waals surface area contributed by atoms with Crippen molar-refractivity contribution < 1.29 is 14.5 Å². The molecule has 0 aliphatic carbocycles. The number of nitrogens with zero attached hydrogens (tertiary/aromatic N) is 2. The number of nitrogens with one attached hydrogen (secondary N) is 1. The van der Waals surface area contributed by atoms with Crippen molar-refractivity contribution in [2.75, 3.05) is 5.75 Å². The second-order valence-electron chi connectivity index (χ2n) is 8.73. The highest BCUT2D eigenvalue weighted by Gasteiger charge is 2.30. The van der Waals surface area contributed by atoms with Gasteiger partial charge in [-0.05, 0) is 50.5 Å². The van der Waals surface area contributed by atoms with Crippen molar-refractivity contribution in [3.05, 3.63) is 74.8 Å². The summed E-state index contributed by atoms with van der Waals surface area (Å²) >= 11 is 7.40. The lowest BCUT2D eigenvalue weighted by atomic mass is 10.1. The summed E-state index contributed by atoms with van der Waals surface area (Å²) in [5, 5.41) is 14.4. The van der Waals surface area contributed by atoms with Gasteiger partial charge in [0.05, 0.1) is 10.7 Å². The van der Waals surface area contributed by atoms with Gasteiger partial charge in [-0.1, -0.05) is 42.8 Å². The van der Waals surface area contributed by atoms with Crippen LogP contribution >= 0.6 is 23.4 Å². The van der Waals surface area contributed by atoms with Gasteiger partial charge in [0, 0.05) is 35.0 Å². The molecule has 9 heteroatoms. The zero-order valence-corrected chi connectivity index (χ0v) is 20.9. The fraction of sp³-hybridized carbons (Fsp3) is 0.417. The van der Waals surface area contributed by atoms with Gasteiger partial charge < -0.3 is 10.2 Å². The zero-order chi connectivity index (χ0) is 24.6. The fourth-order valence-electron chi connectivity index (χ4n) is 3.21. The maximum Gasteiger partial charge on any atom is 0.269 e. The minimum Gasteiger partial charge on any atom is -0.350 e. The molecular formula is C24H30ClN3O4S. The molecule has 178 valence electrons. The van der Waals surface area contributed by atoms with Crippen molar-refractivity contribution in [3.8, 4) is 0 Å². The maximum absolute atomic E-state index is 13.2. The van der Waals surface area contributed by atoms with Crippen LogP contribution in [0.4, 0.5) is 5.69 Å². The van der Waals surface area contributed by atoms with Gasteiger partial charge in [-0.3, -0.25) is 19.7 Å². The first-order valence-corrected chi connectivity index (χ1v) is 12.2. The van der Waals surface area contributed by atoms with Gasteiger partial charge in [0.25, 0.3) is 5.69 Å². The van der Waals surface area contributed by atoms with Gasteiger partial charge in [-0.2, -0.15) is 0 Å². The summed E-state index contributed by atoms with van der Waals surface area (Å²) in [4.78, 5) is 38.2. The van der Waals surface area contributed by atoms with E-state index in [0.717, 1.165) is 11.1 Å². The number of carbonyl (C=O) groups excluding carboxylic acids is 2. The molecule has 0 aliphatic heterocycles. The number of hydrogen-bond donors (Lipinski definition) is 1. The van der Waals surface area contributed by atoms with Crippen LogP contribution in [-0.2, 0) is 21.9 Å². The Labute approximate surface area is 204 Å². The number of hydrogen-bond acceptors (Lipinski definition) is 5. The van der Waals surface area contributed by atoms with Crippen molar-refractivity contribution in [1.29, 1.82) is 0 Å². The molecule has 0 bridgehead atoms. The van der Waals surface area contributed by atoms with E-state index in [4.69, 9.17) is 11.6 Å². The van der Waals surface area contributed by atoms with E-state index in [1.807, 2.05) is 39.8 Å². The monoisotopic (exact) mass is 491 g/mol. The molecule has 0 unspecified atom stereocenters. The smallest absolute Gasteiger partial charge is 0.269 e. The Kier molecular flexibility index (Phi) is 9.73. The van der Waals surface area contributed by atoms with Crippen molar-refractivity contribution >= 4 is 40.9 Å². The molecule has 0 saturated heterocycles. The summed E-state index contributed by atoms with van der Waals surface area (Å²) in [6.07, 6.45) is 0.480. The summed E-state index contributed by atoms with van der Waals surface area (Å²) in [5.74, 6) is 0.383. The third kappa shape index (κ3) is 8.70. The van der Waals surface area contributed by atoms with E-state index in [2.05, 4.69) is 5.32 Å². The van der Waals surface area contributed by atoms with Gasteiger partial charge in [0.1, 0.15) is 6.04 Å². The number of amides is 2. The molecule has 33 heavy (non-hydrogen) atoms. The molecule has 0 aromatic heterocycles. The van der Waals surface area contributed by atoms with Crippen molar-refractivity contribution in [2.24, 2.45) is 0 Å². The predicted octanol–water partition coefficient (Wildman–Crippen LogP) is 5.20. The first kappa shape index (κ1) is 26.7. The van der Waals surface area contributed by atoms with Crippen molar-refractivity contribution in [1.82, 2.24) is 10.2 Å². The highest BCUT2D eigenvalue weighted by atomic mass is 35.5. The zero-order valence-electron chi connectivity index (χ0n) is 19.3. The first-order valence-electron chi connectivity index (χ1n) is 10.7. The van der Waals surface area contributed by atoms with Gasteiger partial charge in [-0.25, -0.2) is 0 Å². The Hall–Kier alpha value is -2.58. The lowest BCUT2D eigenvalue weighted by Crippen LogP contribution is -2.53. The van der Waals surface area contributed by atoms with Crippen LogP contribution < -0.4 is 5.32 Å². The SMILES string of the molecule is CC[C@@H](C(=O)NC(C)(C)C)N(Cc1ccc(Cl)cc1)C(=O)CSCc1ccc([N+](=O)[O-])cc1. The van der Waals surface area contributed by atoms with Crippen LogP contribution in [0.25, 0.3) is 0 Å². The van der Waals surface area contributed by atoms with Gasteiger partial charge in [0.15, 0.2) is 0 Å². The molecule has 2 aromatic carbocycles. The average molecular weight is 492 g/mol. The molecule has 7 nitrogen and oxygen atoms in total. The third-order valence-electron chi connectivity index (χ3n) is 4.79. The van der Waals surface area contributed by atoms with E-state index in [-0.39, 0.29) is 23.3 Å². The molecule has 0 heterocycles. The van der Waals surface area contributed by atoms with Crippen LogP contribution in [0.3, 0.4) is 0 Å². The Morgan fingerprint density at radius 1 is 1.09 bits per heavy atom. The van der Waals surface area contributed by atoms with Crippen LogP contribution in [0.5, 0.6) is 0 Å². The molecule has 0 saturated carbocycles. The number of nitro benzene ring substituents is 1. The second-order valence-corrected chi connectivity index (χ2v) is 10.1. The number of benzene rings is 2. The summed E-state index contributed by atoms with van der Waals surface area (Å²) in [6.45, 7) is 7.90. The highest BCUT2D eigenvalue weighted by Crippen LogP contribution is 2.20.